The monoisotopic (exact) mass is 323 g/mol. The molecular formula is C20H25N3O. The number of aryl methyl sites for hydroxylation is 2. The minimum Gasteiger partial charge on any atom is -0.284 e. The van der Waals surface area contributed by atoms with Crippen molar-refractivity contribution in [1.29, 1.82) is 0 Å². The summed E-state index contributed by atoms with van der Waals surface area (Å²) in [4.78, 5) is 14.8. The van der Waals surface area contributed by atoms with E-state index in [9.17, 15) is 4.79 Å². The zero-order valence-corrected chi connectivity index (χ0v) is 14.2. The van der Waals surface area contributed by atoms with Crippen LogP contribution in [0.5, 0.6) is 0 Å². The fourth-order valence-electron chi connectivity index (χ4n) is 4.03. The zero-order valence-electron chi connectivity index (χ0n) is 14.2. The second-order valence-corrected chi connectivity index (χ2v) is 7.13. The van der Waals surface area contributed by atoms with Gasteiger partial charge in [0.25, 0.3) is 5.56 Å². The molecule has 1 aromatic heterocycles. The molecule has 1 aromatic carbocycles. The summed E-state index contributed by atoms with van der Waals surface area (Å²) < 4.78 is 1.68. The minimum atomic E-state index is 0.0545. The Morgan fingerprint density at radius 1 is 1.08 bits per heavy atom. The standard InChI is InChI=1S/C20H25N3O/c24-20-13-17-9-5-2-6-10-19(17)21-23(20)15-22-12-11-18(14-22)16-7-3-1-4-8-16/h1,3-4,7-8,13,18H,2,5-6,9-12,14-15H2. The summed E-state index contributed by atoms with van der Waals surface area (Å²) in [6, 6.07) is 12.5. The van der Waals surface area contributed by atoms with Crippen LogP contribution < -0.4 is 5.56 Å². The average molecular weight is 323 g/mol. The maximum atomic E-state index is 12.4. The number of likely N-dealkylation sites (tertiary alicyclic amines) is 1. The predicted octanol–water partition coefficient (Wildman–Crippen LogP) is 2.96. The number of hydrogen-bond acceptors (Lipinski definition) is 3. The van der Waals surface area contributed by atoms with Crippen molar-refractivity contribution in [2.45, 2.75) is 51.1 Å². The van der Waals surface area contributed by atoms with Crippen LogP contribution in [0.25, 0.3) is 0 Å². The first kappa shape index (κ1) is 15.6. The largest absolute Gasteiger partial charge is 0.284 e. The van der Waals surface area contributed by atoms with Gasteiger partial charge >= 0.3 is 0 Å². The molecule has 1 aliphatic heterocycles. The van der Waals surface area contributed by atoms with Crippen molar-refractivity contribution in [2.75, 3.05) is 13.1 Å². The van der Waals surface area contributed by atoms with E-state index in [1.165, 1.54) is 30.4 Å². The van der Waals surface area contributed by atoms with Crippen LogP contribution >= 0.6 is 0 Å². The van der Waals surface area contributed by atoms with Gasteiger partial charge in [-0.3, -0.25) is 9.69 Å². The van der Waals surface area contributed by atoms with Gasteiger partial charge in [0, 0.05) is 19.2 Å². The number of rotatable bonds is 3. The Hall–Kier alpha value is -1.94. The second kappa shape index (κ2) is 6.89. The van der Waals surface area contributed by atoms with Gasteiger partial charge < -0.3 is 0 Å². The summed E-state index contributed by atoms with van der Waals surface area (Å²) >= 11 is 0. The van der Waals surface area contributed by atoms with E-state index in [0.717, 1.165) is 38.0 Å². The van der Waals surface area contributed by atoms with Gasteiger partial charge in [-0.2, -0.15) is 5.10 Å². The summed E-state index contributed by atoms with van der Waals surface area (Å²) in [5.74, 6) is 0.572. The average Bonchev–Trinajstić information content (AvgIpc) is 2.95. The highest BCUT2D eigenvalue weighted by molar-refractivity contribution is 5.21. The number of fused-ring (bicyclic) bond motifs is 1. The molecule has 2 heterocycles. The van der Waals surface area contributed by atoms with Crippen molar-refractivity contribution in [2.24, 2.45) is 0 Å². The molecule has 0 saturated carbocycles. The lowest BCUT2D eigenvalue weighted by atomic mass is 9.99. The molecule has 1 atom stereocenters. The Bertz CT molecular complexity index is 753. The summed E-state index contributed by atoms with van der Waals surface area (Å²) in [5.41, 5.74) is 3.78. The minimum absolute atomic E-state index is 0.0545. The molecule has 0 amide bonds. The quantitative estimate of drug-likeness (QED) is 0.815. The molecule has 1 aliphatic carbocycles. The van der Waals surface area contributed by atoms with Gasteiger partial charge in [0.1, 0.15) is 0 Å². The summed E-state index contributed by atoms with van der Waals surface area (Å²) in [6.07, 6.45) is 6.81. The molecule has 1 saturated heterocycles. The number of aromatic nitrogens is 2. The molecule has 0 bridgehead atoms. The fraction of sp³-hybridized carbons (Fsp3) is 0.500. The number of hydrogen-bond donors (Lipinski definition) is 0. The molecule has 0 spiro atoms. The lowest BCUT2D eigenvalue weighted by molar-refractivity contribution is 0.244. The third-order valence-corrected chi connectivity index (χ3v) is 5.40. The van der Waals surface area contributed by atoms with Crippen molar-refractivity contribution in [1.82, 2.24) is 14.7 Å². The molecule has 24 heavy (non-hydrogen) atoms. The van der Waals surface area contributed by atoms with E-state index in [2.05, 4.69) is 35.2 Å². The molecule has 2 aliphatic rings. The molecule has 4 heteroatoms. The van der Waals surface area contributed by atoms with Crippen LogP contribution in [0.1, 0.15) is 48.4 Å². The third kappa shape index (κ3) is 3.29. The van der Waals surface area contributed by atoms with Gasteiger partial charge in [-0.1, -0.05) is 36.8 Å². The van der Waals surface area contributed by atoms with E-state index < -0.39 is 0 Å². The van der Waals surface area contributed by atoms with Gasteiger partial charge in [0.15, 0.2) is 0 Å². The molecule has 0 N–H and O–H groups in total. The van der Waals surface area contributed by atoms with Crippen molar-refractivity contribution in [3.05, 3.63) is 63.6 Å². The highest BCUT2D eigenvalue weighted by Gasteiger charge is 2.24. The molecule has 1 unspecified atom stereocenters. The molecule has 126 valence electrons. The van der Waals surface area contributed by atoms with Gasteiger partial charge in [0.2, 0.25) is 0 Å². The van der Waals surface area contributed by atoms with Gasteiger partial charge in [-0.05, 0) is 49.1 Å². The van der Waals surface area contributed by atoms with Crippen LogP contribution in [0.2, 0.25) is 0 Å². The van der Waals surface area contributed by atoms with Crippen LogP contribution in [-0.4, -0.2) is 27.8 Å². The SMILES string of the molecule is O=c1cc2c(nn1CN1CCC(c3ccccc3)C1)CCCCC2. The maximum Gasteiger partial charge on any atom is 0.268 e. The summed E-state index contributed by atoms with van der Waals surface area (Å²) in [6.45, 7) is 2.66. The van der Waals surface area contributed by atoms with Crippen molar-refractivity contribution in [3.63, 3.8) is 0 Å². The molecule has 1 fully saturated rings. The van der Waals surface area contributed by atoms with E-state index in [1.54, 1.807) is 4.68 Å². The fourth-order valence-corrected chi connectivity index (χ4v) is 4.03. The predicted molar refractivity (Wildman–Crippen MR) is 95.1 cm³/mol. The summed E-state index contributed by atoms with van der Waals surface area (Å²) in [5, 5.41) is 4.70. The highest BCUT2D eigenvalue weighted by Crippen LogP contribution is 2.27. The topological polar surface area (TPSA) is 38.1 Å². The number of nitrogens with zero attached hydrogens (tertiary/aromatic N) is 3. The van der Waals surface area contributed by atoms with Gasteiger partial charge in [-0.15, -0.1) is 0 Å². The first-order valence-electron chi connectivity index (χ1n) is 9.17. The van der Waals surface area contributed by atoms with Gasteiger partial charge in [-0.25, -0.2) is 4.68 Å². The van der Waals surface area contributed by atoms with Crippen LogP contribution in [0.4, 0.5) is 0 Å². The molecular weight excluding hydrogens is 298 g/mol. The zero-order chi connectivity index (χ0) is 16.4. The van der Waals surface area contributed by atoms with Crippen molar-refractivity contribution in [3.8, 4) is 0 Å². The molecule has 4 nitrogen and oxygen atoms in total. The Balaban J connectivity index is 1.48. The third-order valence-electron chi connectivity index (χ3n) is 5.40. The lowest BCUT2D eigenvalue weighted by Crippen LogP contribution is -2.33. The second-order valence-electron chi connectivity index (χ2n) is 7.13. The normalized spacial score (nSPS) is 21.4. The van der Waals surface area contributed by atoms with E-state index in [0.29, 0.717) is 12.6 Å². The smallest absolute Gasteiger partial charge is 0.268 e. The lowest BCUT2D eigenvalue weighted by Gasteiger charge is -2.18. The van der Waals surface area contributed by atoms with E-state index >= 15 is 0 Å². The highest BCUT2D eigenvalue weighted by atomic mass is 16.1. The summed E-state index contributed by atoms with van der Waals surface area (Å²) in [7, 11) is 0. The van der Waals surface area contributed by atoms with Crippen LogP contribution in [-0.2, 0) is 19.5 Å². The first-order chi connectivity index (χ1) is 11.8. The number of benzene rings is 1. The van der Waals surface area contributed by atoms with Crippen molar-refractivity contribution < 1.29 is 0 Å². The van der Waals surface area contributed by atoms with Crippen LogP contribution in [0.3, 0.4) is 0 Å². The van der Waals surface area contributed by atoms with Gasteiger partial charge in [0.05, 0.1) is 12.4 Å². The Morgan fingerprint density at radius 3 is 2.79 bits per heavy atom. The van der Waals surface area contributed by atoms with Crippen LogP contribution in [0.15, 0.2) is 41.2 Å². The Morgan fingerprint density at radius 2 is 1.92 bits per heavy atom. The first-order valence-corrected chi connectivity index (χ1v) is 9.17. The van der Waals surface area contributed by atoms with E-state index in [1.807, 2.05) is 6.07 Å². The van der Waals surface area contributed by atoms with E-state index in [4.69, 9.17) is 5.10 Å². The molecule has 4 rings (SSSR count). The molecule has 2 aromatic rings. The molecule has 0 radical (unpaired) electrons. The Labute approximate surface area is 143 Å². The van der Waals surface area contributed by atoms with E-state index in [-0.39, 0.29) is 5.56 Å². The Kier molecular flexibility index (Phi) is 4.48. The van der Waals surface area contributed by atoms with Crippen molar-refractivity contribution >= 4 is 0 Å². The van der Waals surface area contributed by atoms with Crippen LogP contribution in [0, 0.1) is 0 Å². The maximum absolute atomic E-state index is 12.4.